The summed E-state index contributed by atoms with van der Waals surface area (Å²) < 4.78 is 13.0. The fourth-order valence-corrected chi connectivity index (χ4v) is 3.00. The van der Waals surface area contributed by atoms with E-state index in [1.807, 2.05) is 32.0 Å². The standard InChI is InChI=1S/C20H22FN3O2/c1-13-3-8-17(9-14(13)2)22-20(26)23-18-10-19(25)24(12-18)11-15-4-6-16(21)7-5-15/h3-9,18H,10-12H2,1-2H3,(H2,22,23,26). The minimum absolute atomic E-state index is 0.0224. The third kappa shape index (κ3) is 4.39. The van der Waals surface area contributed by atoms with Crippen molar-refractivity contribution in [3.05, 3.63) is 65.0 Å². The van der Waals surface area contributed by atoms with Crippen LogP contribution in [0.3, 0.4) is 0 Å². The first-order valence-electron chi connectivity index (χ1n) is 8.57. The van der Waals surface area contributed by atoms with E-state index in [0.29, 0.717) is 13.1 Å². The van der Waals surface area contributed by atoms with Gasteiger partial charge in [-0.3, -0.25) is 4.79 Å². The molecule has 0 bridgehead atoms. The molecule has 3 rings (SSSR count). The van der Waals surface area contributed by atoms with Crippen LogP contribution in [0.4, 0.5) is 14.9 Å². The number of halogens is 1. The van der Waals surface area contributed by atoms with Crippen molar-refractivity contribution in [1.29, 1.82) is 0 Å². The number of carbonyl (C=O) groups is 2. The number of hydrogen-bond acceptors (Lipinski definition) is 2. The molecular weight excluding hydrogens is 333 g/mol. The van der Waals surface area contributed by atoms with E-state index in [1.54, 1.807) is 17.0 Å². The van der Waals surface area contributed by atoms with Gasteiger partial charge in [0, 0.05) is 25.2 Å². The SMILES string of the molecule is Cc1ccc(NC(=O)NC2CC(=O)N(Cc3ccc(F)cc3)C2)cc1C. The molecule has 1 unspecified atom stereocenters. The van der Waals surface area contributed by atoms with Gasteiger partial charge >= 0.3 is 6.03 Å². The van der Waals surface area contributed by atoms with Crippen molar-refractivity contribution in [2.45, 2.75) is 32.9 Å². The lowest BCUT2D eigenvalue weighted by molar-refractivity contribution is -0.128. The normalized spacial score (nSPS) is 16.7. The van der Waals surface area contributed by atoms with Crippen molar-refractivity contribution in [3.63, 3.8) is 0 Å². The molecule has 2 N–H and O–H groups in total. The second-order valence-electron chi connectivity index (χ2n) is 6.70. The molecule has 26 heavy (non-hydrogen) atoms. The zero-order valence-electron chi connectivity index (χ0n) is 14.9. The van der Waals surface area contributed by atoms with Crippen LogP contribution in [0.2, 0.25) is 0 Å². The van der Waals surface area contributed by atoms with Gasteiger partial charge in [0.1, 0.15) is 5.82 Å². The number of hydrogen-bond donors (Lipinski definition) is 2. The van der Waals surface area contributed by atoms with E-state index in [1.165, 1.54) is 12.1 Å². The predicted octanol–water partition coefficient (Wildman–Crippen LogP) is 3.37. The van der Waals surface area contributed by atoms with Crippen molar-refractivity contribution in [3.8, 4) is 0 Å². The summed E-state index contributed by atoms with van der Waals surface area (Å²) >= 11 is 0. The maximum Gasteiger partial charge on any atom is 0.319 e. The lowest BCUT2D eigenvalue weighted by Gasteiger charge is -2.17. The van der Waals surface area contributed by atoms with E-state index in [-0.39, 0.29) is 30.2 Å². The van der Waals surface area contributed by atoms with Gasteiger partial charge in [-0.15, -0.1) is 0 Å². The van der Waals surface area contributed by atoms with E-state index in [9.17, 15) is 14.0 Å². The number of nitrogens with zero attached hydrogens (tertiary/aromatic N) is 1. The van der Waals surface area contributed by atoms with Crippen molar-refractivity contribution < 1.29 is 14.0 Å². The molecule has 5 nitrogen and oxygen atoms in total. The molecule has 0 aromatic heterocycles. The van der Waals surface area contributed by atoms with E-state index in [2.05, 4.69) is 10.6 Å². The van der Waals surface area contributed by atoms with Crippen molar-refractivity contribution in [2.75, 3.05) is 11.9 Å². The first-order chi connectivity index (χ1) is 12.4. The highest BCUT2D eigenvalue weighted by Crippen LogP contribution is 2.17. The molecule has 2 aromatic rings. The summed E-state index contributed by atoms with van der Waals surface area (Å²) in [6, 6.07) is 11.2. The molecule has 6 heteroatoms. The minimum Gasteiger partial charge on any atom is -0.336 e. The number of rotatable bonds is 4. The molecule has 1 atom stereocenters. The summed E-state index contributed by atoms with van der Waals surface area (Å²) in [6.07, 6.45) is 0.265. The van der Waals surface area contributed by atoms with Gasteiger partial charge in [0.25, 0.3) is 0 Å². The van der Waals surface area contributed by atoms with Crippen LogP contribution in [0, 0.1) is 19.7 Å². The molecule has 1 aliphatic rings. The highest BCUT2D eigenvalue weighted by Gasteiger charge is 2.30. The summed E-state index contributed by atoms with van der Waals surface area (Å²) in [4.78, 5) is 26.0. The van der Waals surface area contributed by atoms with Gasteiger partial charge < -0.3 is 15.5 Å². The maximum atomic E-state index is 13.0. The van der Waals surface area contributed by atoms with Crippen LogP contribution in [0.1, 0.15) is 23.1 Å². The smallest absolute Gasteiger partial charge is 0.319 e. The van der Waals surface area contributed by atoms with Gasteiger partial charge in [0.15, 0.2) is 0 Å². The van der Waals surface area contributed by atoms with Crippen LogP contribution < -0.4 is 10.6 Å². The monoisotopic (exact) mass is 355 g/mol. The molecular formula is C20H22FN3O2. The number of benzene rings is 2. The Labute approximate surface area is 152 Å². The molecule has 0 saturated carbocycles. The van der Waals surface area contributed by atoms with Crippen LogP contribution in [0.15, 0.2) is 42.5 Å². The quantitative estimate of drug-likeness (QED) is 0.883. The highest BCUT2D eigenvalue weighted by molar-refractivity contribution is 5.90. The zero-order chi connectivity index (χ0) is 18.7. The van der Waals surface area contributed by atoms with Crippen molar-refractivity contribution in [2.24, 2.45) is 0 Å². The van der Waals surface area contributed by atoms with E-state index < -0.39 is 0 Å². The van der Waals surface area contributed by atoms with E-state index in [4.69, 9.17) is 0 Å². The van der Waals surface area contributed by atoms with E-state index in [0.717, 1.165) is 22.4 Å². The minimum atomic E-state index is -0.324. The summed E-state index contributed by atoms with van der Waals surface area (Å²) in [6.45, 7) is 4.85. The predicted molar refractivity (Wildman–Crippen MR) is 98.3 cm³/mol. The highest BCUT2D eigenvalue weighted by atomic mass is 19.1. The van der Waals surface area contributed by atoms with Gasteiger partial charge in [-0.05, 0) is 54.8 Å². The Balaban J connectivity index is 1.54. The Kier molecular flexibility index (Phi) is 5.21. The van der Waals surface area contributed by atoms with Crippen LogP contribution >= 0.6 is 0 Å². The first-order valence-corrected chi connectivity index (χ1v) is 8.57. The Morgan fingerprint density at radius 3 is 2.58 bits per heavy atom. The summed E-state index contributed by atoms with van der Waals surface area (Å²) in [5.74, 6) is -0.324. The zero-order valence-corrected chi connectivity index (χ0v) is 14.9. The molecule has 1 fully saturated rings. The second-order valence-corrected chi connectivity index (χ2v) is 6.70. The topological polar surface area (TPSA) is 61.4 Å². The second kappa shape index (κ2) is 7.56. The average molecular weight is 355 g/mol. The van der Waals surface area contributed by atoms with Crippen LogP contribution in [-0.4, -0.2) is 29.4 Å². The van der Waals surface area contributed by atoms with Crippen LogP contribution in [-0.2, 0) is 11.3 Å². The molecule has 3 amide bonds. The van der Waals surface area contributed by atoms with Gasteiger partial charge in [-0.1, -0.05) is 18.2 Å². The van der Waals surface area contributed by atoms with Gasteiger partial charge in [0.2, 0.25) is 5.91 Å². The number of amides is 3. The van der Waals surface area contributed by atoms with Gasteiger partial charge in [-0.25, -0.2) is 9.18 Å². The molecule has 1 aliphatic heterocycles. The molecule has 2 aromatic carbocycles. The number of nitrogens with one attached hydrogen (secondary N) is 2. The first kappa shape index (κ1) is 17.9. The lowest BCUT2D eigenvalue weighted by atomic mass is 10.1. The third-order valence-corrected chi connectivity index (χ3v) is 4.60. The molecule has 136 valence electrons. The molecule has 0 aliphatic carbocycles. The number of anilines is 1. The Hall–Kier alpha value is -2.89. The molecule has 1 heterocycles. The average Bonchev–Trinajstić information content (AvgIpc) is 2.92. The Morgan fingerprint density at radius 1 is 1.15 bits per heavy atom. The summed E-state index contributed by atoms with van der Waals surface area (Å²) in [5.41, 5.74) is 3.84. The Bertz CT molecular complexity index is 820. The number of aryl methyl sites for hydroxylation is 2. The molecule has 1 saturated heterocycles. The fraction of sp³-hybridized carbons (Fsp3) is 0.300. The fourth-order valence-electron chi connectivity index (χ4n) is 3.00. The van der Waals surface area contributed by atoms with Crippen molar-refractivity contribution in [1.82, 2.24) is 10.2 Å². The Morgan fingerprint density at radius 2 is 1.88 bits per heavy atom. The summed E-state index contributed by atoms with van der Waals surface area (Å²) in [7, 11) is 0. The van der Waals surface area contributed by atoms with E-state index >= 15 is 0 Å². The van der Waals surface area contributed by atoms with Crippen molar-refractivity contribution >= 4 is 17.6 Å². The number of likely N-dealkylation sites (tertiary alicyclic amines) is 1. The lowest BCUT2D eigenvalue weighted by Crippen LogP contribution is -2.39. The third-order valence-electron chi connectivity index (χ3n) is 4.60. The number of carbonyl (C=O) groups excluding carboxylic acids is 2. The van der Waals surface area contributed by atoms with Crippen LogP contribution in [0.25, 0.3) is 0 Å². The number of urea groups is 1. The van der Waals surface area contributed by atoms with Gasteiger partial charge in [0.05, 0.1) is 6.04 Å². The van der Waals surface area contributed by atoms with Gasteiger partial charge in [-0.2, -0.15) is 0 Å². The maximum absolute atomic E-state index is 13.0. The molecule has 0 radical (unpaired) electrons. The largest absolute Gasteiger partial charge is 0.336 e. The molecule has 0 spiro atoms. The van der Waals surface area contributed by atoms with Crippen LogP contribution in [0.5, 0.6) is 0 Å². The summed E-state index contributed by atoms with van der Waals surface area (Å²) in [5, 5.41) is 5.65.